The minimum Gasteiger partial charge on any atom is -0.506 e. The van der Waals surface area contributed by atoms with Crippen molar-refractivity contribution >= 4 is 11.6 Å². The maximum atomic E-state index is 9.34. The van der Waals surface area contributed by atoms with Gasteiger partial charge in [0.05, 0.1) is 5.02 Å². The van der Waals surface area contributed by atoms with Crippen molar-refractivity contribution in [2.45, 2.75) is 64.8 Å². The van der Waals surface area contributed by atoms with Crippen molar-refractivity contribution in [1.82, 2.24) is 5.32 Å². The Morgan fingerprint density at radius 2 is 1.65 bits per heavy atom. The van der Waals surface area contributed by atoms with Gasteiger partial charge < -0.3 is 10.4 Å². The van der Waals surface area contributed by atoms with E-state index in [0.29, 0.717) is 5.02 Å². The van der Waals surface area contributed by atoms with Crippen LogP contribution in [0.15, 0.2) is 18.2 Å². The normalized spacial score (nSPS) is 10.9. The van der Waals surface area contributed by atoms with Gasteiger partial charge in [-0.1, -0.05) is 69.5 Å². The summed E-state index contributed by atoms with van der Waals surface area (Å²) in [7, 11) is 0. The molecule has 0 radical (unpaired) electrons. The molecule has 2 nitrogen and oxygen atoms in total. The van der Waals surface area contributed by atoms with Crippen LogP contribution in [0.1, 0.15) is 63.9 Å². The maximum absolute atomic E-state index is 9.34. The highest BCUT2D eigenvalue weighted by molar-refractivity contribution is 6.32. The van der Waals surface area contributed by atoms with Crippen LogP contribution in [0.5, 0.6) is 5.75 Å². The number of hydrogen-bond acceptors (Lipinski definition) is 2. The van der Waals surface area contributed by atoms with Crippen LogP contribution in [-0.4, -0.2) is 11.7 Å². The van der Waals surface area contributed by atoms with Crippen molar-refractivity contribution in [2.75, 3.05) is 6.54 Å². The third-order valence-corrected chi connectivity index (χ3v) is 3.85. The summed E-state index contributed by atoms with van der Waals surface area (Å²) in [6, 6.07) is 5.37. The van der Waals surface area contributed by atoms with E-state index in [1.54, 1.807) is 6.07 Å². The van der Waals surface area contributed by atoms with E-state index in [0.717, 1.165) is 18.7 Å². The first-order chi connectivity index (χ1) is 9.74. The second-order valence-electron chi connectivity index (χ2n) is 5.44. The first-order valence-electron chi connectivity index (χ1n) is 7.92. The minimum absolute atomic E-state index is 0.151. The zero-order valence-corrected chi connectivity index (χ0v) is 13.4. The fourth-order valence-corrected chi connectivity index (χ4v) is 2.48. The van der Waals surface area contributed by atoms with Crippen molar-refractivity contribution < 1.29 is 5.11 Å². The van der Waals surface area contributed by atoms with Crippen LogP contribution in [0.2, 0.25) is 5.02 Å². The molecule has 1 aromatic rings. The highest BCUT2D eigenvalue weighted by Gasteiger charge is 1.99. The molecule has 0 atom stereocenters. The van der Waals surface area contributed by atoms with E-state index >= 15 is 0 Å². The molecule has 2 N–H and O–H groups in total. The van der Waals surface area contributed by atoms with Gasteiger partial charge in [0.2, 0.25) is 0 Å². The van der Waals surface area contributed by atoms with Crippen molar-refractivity contribution in [3.05, 3.63) is 28.8 Å². The highest BCUT2D eigenvalue weighted by Crippen LogP contribution is 2.23. The number of unbranched alkanes of at least 4 members (excludes halogenated alkanes) is 7. The molecule has 0 spiro atoms. The Bertz CT molecular complexity index is 368. The minimum atomic E-state index is 0.151. The number of halogens is 1. The second kappa shape index (κ2) is 11.0. The summed E-state index contributed by atoms with van der Waals surface area (Å²) in [5.41, 5.74) is 1.12. The largest absolute Gasteiger partial charge is 0.506 e. The Labute approximate surface area is 128 Å². The molecule has 0 aliphatic heterocycles. The molecule has 0 bridgehead atoms. The molecule has 0 fully saturated rings. The number of rotatable bonds is 11. The SMILES string of the molecule is CCCCCCCCCCNCc1ccc(O)c(Cl)c1. The molecule has 1 rings (SSSR count). The highest BCUT2D eigenvalue weighted by atomic mass is 35.5. The van der Waals surface area contributed by atoms with Crippen molar-refractivity contribution in [2.24, 2.45) is 0 Å². The summed E-state index contributed by atoms with van der Waals surface area (Å²) < 4.78 is 0. The monoisotopic (exact) mass is 297 g/mol. The first-order valence-corrected chi connectivity index (χ1v) is 8.30. The van der Waals surface area contributed by atoms with Gasteiger partial charge in [-0.05, 0) is 30.7 Å². The van der Waals surface area contributed by atoms with Gasteiger partial charge in [0.1, 0.15) is 5.75 Å². The van der Waals surface area contributed by atoms with Gasteiger partial charge in [-0.15, -0.1) is 0 Å². The van der Waals surface area contributed by atoms with Gasteiger partial charge in [0, 0.05) is 6.54 Å². The average molecular weight is 298 g/mol. The molecule has 3 heteroatoms. The Balaban J connectivity index is 1.95. The molecule has 0 saturated heterocycles. The fourth-order valence-electron chi connectivity index (χ4n) is 2.28. The molecule has 0 saturated carbocycles. The molecule has 0 amide bonds. The lowest BCUT2D eigenvalue weighted by atomic mass is 10.1. The number of phenolic OH excluding ortho intramolecular Hbond substituents is 1. The molecule has 0 aliphatic carbocycles. The molecule has 114 valence electrons. The lowest BCUT2D eigenvalue weighted by Gasteiger charge is -2.06. The number of phenols is 1. The number of nitrogens with one attached hydrogen (secondary N) is 1. The smallest absolute Gasteiger partial charge is 0.134 e. The lowest BCUT2D eigenvalue weighted by Crippen LogP contribution is -2.14. The molecule has 0 aliphatic rings. The van der Waals surface area contributed by atoms with Crippen LogP contribution in [0, 0.1) is 0 Å². The number of hydrogen-bond donors (Lipinski definition) is 2. The van der Waals surface area contributed by atoms with Crippen LogP contribution < -0.4 is 5.32 Å². The van der Waals surface area contributed by atoms with Crippen LogP contribution in [-0.2, 0) is 6.54 Å². The molecule has 0 unspecified atom stereocenters. The van der Waals surface area contributed by atoms with E-state index in [-0.39, 0.29) is 5.75 Å². The van der Waals surface area contributed by atoms with Gasteiger partial charge in [0.25, 0.3) is 0 Å². The number of aromatic hydroxyl groups is 1. The van der Waals surface area contributed by atoms with Crippen molar-refractivity contribution in [3.8, 4) is 5.75 Å². The summed E-state index contributed by atoms with van der Waals surface area (Å²) in [5.74, 6) is 0.151. The average Bonchev–Trinajstić information content (AvgIpc) is 2.45. The van der Waals surface area contributed by atoms with E-state index in [1.165, 1.54) is 51.4 Å². The van der Waals surface area contributed by atoms with Crippen molar-refractivity contribution in [3.63, 3.8) is 0 Å². The molecule has 20 heavy (non-hydrogen) atoms. The van der Waals surface area contributed by atoms with Gasteiger partial charge in [-0.2, -0.15) is 0 Å². The second-order valence-corrected chi connectivity index (χ2v) is 5.84. The predicted molar refractivity (Wildman–Crippen MR) is 87.4 cm³/mol. The topological polar surface area (TPSA) is 32.3 Å². The number of benzene rings is 1. The molecular weight excluding hydrogens is 270 g/mol. The van der Waals surface area contributed by atoms with Gasteiger partial charge in [-0.3, -0.25) is 0 Å². The molecule has 0 aromatic heterocycles. The zero-order chi connectivity index (χ0) is 14.6. The molecular formula is C17H28ClNO. The summed E-state index contributed by atoms with van der Waals surface area (Å²) in [6.07, 6.45) is 10.8. The van der Waals surface area contributed by atoms with E-state index in [1.807, 2.05) is 12.1 Å². The third-order valence-electron chi connectivity index (χ3n) is 3.55. The lowest BCUT2D eigenvalue weighted by molar-refractivity contribution is 0.475. The first kappa shape index (κ1) is 17.3. The van der Waals surface area contributed by atoms with E-state index in [4.69, 9.17) is 11.6 Å². The third kappa shape index (κ3) is 7.76. The maximum Gasteiger partial charge on any atom is 0.134 e. The van der Waals surface area contributed by atoms with Crippen LogP contribution in [0.3, 0.4) is 0 Å². The summed E-state index contributed by atoms with van der Waals surface area (Å²) in [4.78, 5) is 0. The van der Waals surface area contributed by atoms with Gasteiger partial charge >= 0.3 is 0 Å². The van der Waals surface area contributed by atoms with Crippen LogP contribution >= 0.6 is 11.6 Å². The molecule has 1 aromatic carbocycles. The van der Waals surface area contributed by atoms with Gasteiger partial charge in [-0.25, -0.2) is 0 Å². The summed E-state index contributed by atoms with van der Waals surface area (Å²) in [5, 5.41) is 13.2. The Morgan fingerprint density at radius 1 is 1.00 bits per heavy atom. The fraction of sp³-hybridized carbons (Fsp3) is 0.647. The van der Waals surface area contributed by atoms with Gasteiger partial charge in [0.15, 0.2) is 0 Å². The Morgan fingerprint density at radius 3 is 2.30 bits per heavy atom. The van der Waals surface area contributed by atoms with Crippen LogP contribution in [0.4, 0.5) is 0 Å². The standard InChI is InChI=1S/C17H28ClNO/c1-2-3-4-5-6-7-8-9-12-19-14-15-10-11-17(20)16(18)13-15/h10-11,13,19-20H,2-9,12,14H2,1H3. The van der Waals surface area contributed by atoms with E-state index < -0.39 is 0 Å². The Kier molecular flexibility index (Phi) is 9.52. The summed E-state index contributed by atoms with van der Waals surface area (Å²) >= 11 is 5.87. The van der Waals surface area contributed by atoms with E-state index in [9.17, 15) is 5.11 Å². The van der Waals surface area contributed by atoms with Crippen molar-refractivity contribution in [1.29, 1.82) is 0 Å². The molecule has 0 heterocycles. The van der Waals surface area contributed by atoms with E-state index in [2.05, 4.69) is 12.2 Å². The van der Waals surface area contributed by atoms with Crippen LogP contribution in [0.25, 0.3) is 0 Å². The zero-order valence-electron chi connectivity index (χ0n) is 12.6. The quantitative estimate of drug-likeness (QED) is 0.545. The summed E-state index contributed by atoms with van der Waals surface area (Å²) in [6.45, 7) is 4.12. The predicted octanol–water partition coefficient (Wildman–Crippen LogP) is 5.28. The Hall–Kier alpha value is -0.730.